The van der Waals surface area contributed by atoms with Gasteiger partial charge in [0.2, 0.25) is 0 Å². The van der Waals surface area contributed by atoms with Crippen LogP contribution in [0.5, 0.6) is 0 Å². The molecule has 0 radical (unpaired) electrons. The number of carboxylic acid groups (broad SMARTS) is 1. The van der Waals surface area contributed by atoms with Crippen LogP contribution >= 0.6 is 0 Å². The van der Waals surface area contributed by atoms with Gasteiger partial charge in [-0.1, -0.05) is 6.92 Å². The van der Waals surface area contributed by atoms with Crippen molar-refractivity contribution in [3.05, 3.63) is 0 Å². The van der Waals surface area contributed by atoms with Gasteiger partial charge in [-0.15, -0.1) is 0 Å². The van der Waals surface area contributed by atoms with Crippen LogP contribution in [0.1, 0.15) is 19.8 Å². The minimum atomic E-state index is -0.725. The van der Waals surface area contributed by atoms with Crippen molar-refractivity contribution in [2.45, 2.75) is 25.8 Å². The van der Waals surface area contributed by atoms with Gasteiger partial charge in [0.15, 0.2) is 0 Å². The lowest BCUT2D eigenvalue weighted by Gasteiger charge is -2.25. The van der Waals surface area contributed by atoms with Gasteiger partial charge >= 0.3 is 5.97 Å². The largest absolute Gasteiger partial charge is 0.481 e. The Labute approximate surface area is 78.5 Å². The lowest BCUT2D eigenvalue weighted by atomic mass is 10.2. The Bertz CT molecular complexity index is 166. The third-order valence-corrected chi connectivity index (χ3v) is 2.44. The average molecular weight is 187 g/mol. The van der Waals surface area contributed by atoms with Gasteiger partial charge in [0.1, 0.15) is 0 Å². The first kappa shape index (κ1) is 10.5. The molecule has 1 atom stereocenters. The molecule has 1 saturated heterocycles. The number of likely N-dealkylation sites (N-methyl/N-ethyl adjacent to an activating group) is 1. The quantitative estimate of drug-likeness (QED) is 0.683. The van der Waals surface area contributed by atoms with Crippen molar-refractivity contribution in [2.24, 2.45) is 0 Å². The van der Waals surface area contributed by atoms with Gasteiger partial charge in [0.25, 0.3) is 0 Å². The standard InChI is InChI=1S/C9H17NO3/c1-2-10(5-3-9(11)12)8-4-6-13-7-8/h8H,2-7H2,1H3,(H,11,12). The van der Waals surface area contributed by atoms with Gasteiger partial charge in [-0.2, -0.15) is 0 Å². The third-order valence-electron chi connectivity index (χ3n) is 2.44. The summed E-state index contributed by atoms with van der Waals surface area (Å²) < 4.78 is 5.26. The third kappa shape index (κ3) is 3.32. The zero-order valence-corrected chi connectivity index (χ0v) is 8.03. The van der Waals surface area contributed by atoms with Crippen LogP contribution in [0.4, 0.5) is 0 Å². The number of hydrogen-bond acceptors (Lipinski definition) is 3. The monoisotopic (exact) mass is 187 g/mol. The molecule has 1 aliphatic rings. The molecule has 0 aromatic rings. The van der Waals surface area contributed by atoms with Gasteiger partial charge in [-0.3, -0.25) is 9.69 Å². The highest BCUT2D eigenvalue weighted by Crippen LogP contribution is 2.12. The molecule has 0 spiro atoms. The van der Waals surface area contributed by atoms with E-state index >= 15 is 0 Å². The zero-order valence-electron chi connectivity index (χ0n) is 8.03. The maximum absolute atomic E-state index is 10.4. The van der Waals surface area contributed by atoms with E-state index in [0.717, 1.165) is 26.2 Å². The minimum absolute atomic E-state index is 0.227. The molecule has 0 aromatic carbocycles. The van der Waals surface area contributed by atoms with Crippen molar-refractivity contribution in [1.82, 2.24) is 4.90 Å². The summed E-state index contributed by atoms with van der Waals surface area (Å²) in [6.07, 6.45) is 1.26. The molecule has 1 fully saturated rings. The lowest BCUT2D eigenvalue weighted by Crippen LogP contribution is -2.37. The summed E-state index contributed by atoms with van der Waals surface area (Å²) in [6, 6.07) is 0.435. The highest BCUT2D eigenvalue weighted by Gasteiger charge is 2.21. The van der Waals surface area contributed by atoms with E-state index < -0.39 is 5.97 Å². The molecule has 13 heavy (non-hydrogen) atoms. The predicted molar refractivity (Wildman–Crippen MR) is 48.7 cm³/mol. The van der Waals surface area contributed by atoms with E-state index in [1.54, 1.807) is 0 Å². The molecule has 0 amide bonds. The number of aliphatic carboxylic acids is 1. The Morgan fingerprint density at radius 3 is 2.92 bits per heavy atom. The SMILES string of the molecule is CCN(CCC(=O)O)C1CCOC1. The first-order chi connectivity index (χ1) is 6.24. The summed E-state index contributed by atoms with van der Waals surface area (Å²) >= 11 is 0. The summed E-state index contributed by atoms with van der Waals surface area (Å²) in [5.74, 6) is -0.725. The predicted octanol–water partition coefficient (Wildman–Crippen LogP) is 0.572. The molecule has 4 nitrogen and oxygen atoms in total. The van der Waals surface area contributed by atoms with Gasteiger partial charge in [0, 0.05) is 19.2 Å². The maximum atomic E-state index is 10.4. The first-order valence-electron chi connectivity index (χ1n) is 4.77. The van der Waals surface area contributed by atoms with E-state index in [1.807, 2.05) is 0 Å². The first-order valence-corrected chi connectivity index (χ1v) is 4.77. The topological polar surface area (TPSA) is 49.8 Å². The second kappa shape index (κ2) is 5.19. The van der Waals surface area contributed by atoms with Crippen LogP contribution in [0, 0.1) is 0 Å². The summed E-state index contributed by atoms with van der Waals surface area (Å²) in [4.78, 5) is 12.6. The van der Waals surface area contributed by atoms with Gasteiger partial charge < -0.3 is 9.84 Å². The molecule has 1 N–H and O–H groups in total. The highest BCUT2D eigenvalue weighted by molar-refractivity contribution is 5.66. The molecule has 1 aliphatic heterocycles. The zero-order chi connectivity index (χ0) is 9.68. The van der Waals surface area contributed by atoms with Crippen LogP contribution in [-0.4, -0.2) is 48.3 Å². The summed E-state index contributed by atoms with van der Waals surface area (Å²) in [5, 5.41) is 8.54. The number of nitrogens with zero attached hydrogens (tertiary/aromatic N) is 1. The number of carbonyl (C=O) groups is 1. The molecular weight excluding hydrogens is 170 g/mol. The van der Waals surface area contributed by atoms with Gasteiger partial charge in [-0.05, 0) is 13.0 Å². The second-order valence-electron chi connectivity index (χ2n) is 3.29. The number of rotatable bonds is 5. The molecule has 1 heterocycles. The van der Waals surface area contributed by atoms with E-state index in [4.69, 9.17) is 9.84 Å². The Hall–Kier alpha value is -0.610. The molecule has 76 valence electrons. The summed E-state index contributed by atoms with van der Waals surface area (Å²) in [5.41, 5.74) is 0. The van der Waals surface area contributed by atoms with E-state index in [2.05, 4.69) is 11.8 Å². The van der Waals surface area contributed by atoms with E-state index in [1.165, 1.54) is 0 Å². The van der Waals surface area contributed by atoms with Crippen molar-refractivity contribution in [3.8, 4) is 0 Å². The van der Waals surface area contributed by atoms with Crippen molar-refractivity contribution in [1.29, 1.82) is 0 Å². The Morgan fingerprint density at radius 2 is 2.46 bits per heavy atom. The molecule has 0 bridgehead atoms. The molecule has 0 aromatic heterocycles. The molecule has 1 unspecified atom stereocenters. The Kier molecular flexibility index (Phi) is 4.18. The molecule has 4 heteroatoms. The smallest absolute Gasteiger partial charge is 0.304 e. The van der Waals surface area contributed by atoms with Crippen molar-refractivity contribution in [2.75, 3.05) is 26.3 Å². The molecule has 0 aliphatic carbocycles. The fourth-order valence-electron chi connectivity index (χ4n) is 1.65. The molecular formula is C9H17NO3. The normalized spacial score (nSPS) is 22.5. The lowest BCUT2D eigenvalue weighted by molar-refractivity contribution is -0.137. The Balaban J connectivity index is 2.28. The fourth-order valence-corrected chi connectivity index (χ4v) is 1.65. The van der Waals surface area contributed by atoms with Crippen LogP contribution in [0.15, 0.2) is 0 Å². The fraction of sp³-hybridized carbons (Fsp3) is 0.889. The number of ether oxygens (including phenoxy) is 1. The van der Waals surface area contributed by atoms with E-state index in [0.29, 0.717) is 12.6 Å². The maximum Gasteiger partial charge on any atom is 0.304 e. The van der Waals surface area contributed by atoms with Crippen LogP contribution < -0.4 is 0 Å². The number of hydrogen-bond donors (Lipinski definition) is 1. The van der Waals surface area contributed by atoms with Crippen LogP contribution in [0.25, 0.3) is 0 Å². The summed E-state index contributed by atoms with van der Waals surface area (Å²) in [6.45, 7) is 5.17. The molecule has 1 rings (SSSR count). The second-order valence-corrected chi connectivity index (χ2v) is 3.29. The van der Waals surface area contributed by atoms with Gasteiger partial charge in [0.05, 0.1) is 13.0 Å². The minimum Gasteiger partial charge on any atom is -0.481 e. The van der Waals surface area contributed by atoms with E-state index in [9.17, 15) is 4.79 Å². The van der Waals surface area contributed by atoms with E-state index in [-0.39, 0.29) is 6.42 Å². The Morgan fingerprint density at radius 1 is 1.69 bits per heavy atom. The highest BCUT2D eigenvalue weighted by atomic mass is 16.5. The van der Waals surface area contributed by atoms with Crippen LogP contribution in [0.2, 0.25) is 0 Å². The van der Waals surface area contributed by atoms with Crippen molar-refractivity contribution < 1.29 is 14.6 Å². The van der Waals surface area contributed by atoms with Gasteiger partial charge in [-0.25, -0.2) is 0 Å². The summed E-state index contributed by atoms with van der Waals surface area (Å²) in [7, 11) is 0. The van der Waals surface area contributed by atoms with Crippen molar-refractivity contribution >= 4 is 5.97 Å². The van der Waals surface area contributed by atoms with Crippen LogP contribution in [-0.2, 0) is 9.53 Å². The average Bonchev–Trinajstić information content (AvgIpc) is 2.58. The van der Waals surface area contributed by atoms with Crippen LogP contribution in [0.3, 0.4) is 0 Å². The number of carboxylic acids is 1. The molecule has 0 saturated carbocycles. The van der Waals surface area contributed by atoms with Crippen molar-refractivity contribution in [3.63, 3.8) is 0 Å².